The van der Waals surface area contributed by atoms with Crippen LogP contribution in [0, 0.1) is 0 Å². The normalized spacial score (nSPS) is 11.1. The summed E-state index contributed by atoms with van der Waals surface area (Å²) in [6.45, 7) is 1.30. The summed E-state index contributed by atoms with van der Waals surface area (Å²) in [6.07, 6.45) is 0. The highest BCUT2D eigenvalue weighted by Gasteiger charge is 2.22. The van der Waals surface area contributed by atoms with Gasteiger partial charge >= 0.3 is 0 Å². The first-order chi connectivity index (χ1) is 16.4. The van der Waals surface area contributed by atoms with E-state index in [-0.39, 0.29) is 34.9 Å². The molecule has 5 aromatic rings. The number of pyridine rings is 1. The van der Waals surface area contributed by atoms with E-state index in [2.05, 4.69) is 10.3 Å². The Morgan fingerprint density at radius 2 is 1.85 bits per heavy atom. The average molecular weight is 488 g/mol. The fourth-order valence-corrected chi connectivity index (χ4v) is 4.88. The number of hydrogen-bond donors (Lipinski definition) is 1. The highest BCUT2D eigenvalue weighted by atomic mass is 35.5. The maximum Gasteiger partial charge on any atom is 0.251 e. The highest BCUT2D eigenvalue weighted by Crippen LogP contribution is 2.25. The van der Waals surface area contributed by atoms with Gasteiger partial charge in [-0.25, -0.2) is 4.98 Å². The van der Waals surface area contributed by atoms with Crippen molar-refractivity contribution in [3.8, 4) is 5.69 Å². The number of halogens is 1. The second-order valence-electron chi connectivity index (χ2n) is 7.76. The van der Waals surface area contributed by atoms with Crippen LogP contribution >= 0.6 is 22.9 Å². The van der Waals surface area contributed by atoms with Gasteiger partial charge in [0, 0.05) is 40.7 Å². The zero-order chi connectivity index (χ0) is 23.8. The van der Waals surface area contributed by atoms with Crippen LogP contribution in [-0.2, 0) is 6.54 Å². The Labute approximate surface area is 203 Å². The summed E-state index contributed by atoms with van der Waals surface area (Å²) in [5.74, 6) is -0.651. The summed E-state index contributed by atoms with van der Waals surface area (Å²) in [7, 11) is 0. The molecule has 3 aromatic carbocycles. The summed E-state index contributed by atoms with van der Waals surface area (Å²) in [5, 5.41) is 3.67. The summed E-state index contributed by atoms with van der Waals surface area (Å²) in [6, 6.07) is 19.5. The lowest BCUT2D eigenvalue weighted by atomic mass is 10.0. The number of para-hydroxylation sites is 1. The second kappa shape index (κ2) is 8.85. The number of hydrogen-bond acceptors (Lipinski definition) is 5. The fourth-order valence-electron chi connectivity index (χ4n) is 4.06. The Morgan fingerprint density at radius 1 is 1.06 bits per heavy atom. The number of carbonyl (C=O) groups excluding carboxylic acids is 2. The van der Waals surface area contributed by atoms with Crippen LogP contribution in [0.15, 0.2) is 77.0 Å². The molecule has 2 aromatic heterocycles. The van der Waals surface area contributed by atoms with E-state index in [1.54, 1.807) is 40.4 Å². The van der Waals surface area contributed by atoms with E-state index >= 15 is 0 Å². The van der Waals surface area contributed by atoms with Gasteiger partial charge in [-0.05, 0) is 48.5 Å². The number of aromatic nitrogens is 2. The van der Waals surface area contributed by atoms with Gasteiger partial charge in [-0.2, -0.15) is 0 Å². The quantitative estimate of drug-likeness (QED) is 0.337. The van der Waals surface area contributed by atoms with Crippen LogP contribution in [-0.4, -0.2) is 21.2 Å². The van der Waals surface area contributed by atoms with Gasteiger partial charge < -0.3 is 9.88 Å². The lowest BCUT2D eigenvalue weighted by Crippen LogP contribution is -2.30. The second-order valence-corrected chi connectivity index (χ2v) is 9.09. The van der Waals surface area contributed by atoms with Crippen molar-refractivity contribution in [1.29, 1.82) is 0 Å². The van der Waals surface area contributed by atoms with E-state index in [1.165, 1.54) is 18.3 Å². The van der Waals surface area contributed by atoms with E-state index < -0.39 is 0 Å². The van der Waals surface area contributed by atoms with Crippen molar-refractivity contribution in [2.45, 2.75) is 13.5 Å². The average Bonchev–Trinajstić information content (AvgIpc) is 3.31. The smallest absolute Gasteiger partial charge is 0.251 e. The molecule has 0 aliphatic carbocycles. The monoisotopic (exact) mass is 487 g/mol. The lowest BCUT2D eigenvalue weighted by Gasteiger charge is -2.19. The number of nitrogens with zero attached hydrogens (tertiary/aromatic N) is 2. The maximum absolute atomic E-state index is 13.5. The lowest BCUT2D eigenvalue weighted by molar-refractivity contribution is 0.0946. The molecule has 8 heteroatoms. The van der Waals surface area contributed by atoms with Crippen LogP contribution in [0.4, 0.5) is 0 Å². The number of benzene rings is 3. The molecule has 0 saturated carbocycles. The standard InChI is InChI=1S/C26H18ClN3O3S/c1-15(31)24-20(13-28-26(33)16-7-10-23-21(11-16)29-14-34-23)25(32)19-9-8-17(27)12-22(19)30(24)18-5-3-2-4-6-18/h2-12,14H,13H2,1H3,(H,28,33). The van der Waals surface area contributed by atoms with Crippen molar-refractivity contribution in [3.05, 3.63) is 104 Å². The van der Waals surface area contributed by atoms with Crippen LogP contribution in [0.25, 0.3) is 26.8 Å². The molecule has 0 aliphatic heterocycles. The molecule has 5 rings (SSSR count). The highest BCUT2D eigenvalue weighted by molar-refractivity contribution is 7.16. The van der Waals surface area contributed by atoms with Gasteiger partial charge in [0.2, 0.25) is 0 Å². The van der Waals surface area contributed by atoms with Crippen LogP contribution in [0.5, 0.6) is 0 Å². The van der Waals surface area contributed by atoms with Crippen molar-refractivity contribution in [2.75, 3.05) is 0 Å². The summed E-state index contributed by atoms with van der Waals surface area (Å²) in [5.41, 5.74) is 4.22. The molecule has 0 fully saturated rings. The van der Waals surface area contributed by atoms with Crippen LogP contribution in [0.3, 0.4) is 0 Å². The molecule has 34 heavy (non-hydrogen) atoms. The Kier molecular flexibility index (Phi) is 5.73. The van der Waals surface area contributed by atoms with Gasteiger partial charge in [-0.15, -0.1) is 11.3 Å². The number of Topliss-reactive ketones (excluding diaryl/α,β-unsaturated/α-hetero) is 1. The Bertz CT molecular complexity index is 1640. The molecule has 6 nitrogen and oxygen atoms in total. The van der Waals surface area contributed by atoms with Crippen molar-refractivity contribution in [2.24, 2.45) is 0 Å². The molecule has 1 N–H and O–H groups in total. The Hall–Kier alpha value is -3.81. The number of fused-ring (bicyclic) bond motifs is 2. The minimum Gasteiger partial charge on any atom is -0.348 e. The molecular formula is C26H18ClN3O3S. The molecule has 0 atom stereocenters. The van der Waals surface area contributed by atoms with Gasteiger partial charge in [0.15, 0.2) is 11.2 Å². The molecule has 0 saturated heterocycles. The zero-order valence-electron chi connectivity index (χ0n) is 18.0. The van der Waals surface area contributed by atoms with Gasteiger partial charge in [-0.1, -0.05) is 29.8 Å². The molecule has 0 spiro atoms. The first kappa shape index (κ1) is 22.0. The minimum absolute atomic E-state index is 0.104. The topological polar surface area (TPSA) is 81.1 Å². The zero-order valence-corrected chi connectivity index (χ0v) is 19.6. The fraction of sp³-hybridized carbons (Fsp3) is 0.0769. The van der Waals surface area contributed by atoms with Crippen molar-refractivity contribution in [3.63, 3.8) is 0 Å². The summed E-state index contributed by atoms with van der Waals surface area (Å²) in [4.78, 5) is 43.5. The van der Waals surface area contributed by atoms with Gasteiger partial charge in [0.1, 0.15) is 0 Å². The predicted octanol–water partition coefficient (Wildman–Crippen LogP) is 5.39. The van der Waals surface area contributed by atoms with Crippen molar-refractivity contribution in [1.82, 2.24) is 14.9 Å². The van der Waals surface area contributed by atoms with Gasteiger partial charge in [0.05, 0.1) is 26.9 Å². The number of nitrogens with one attached hydrogen (secondary N) is 1. The molecule has 2 heterocycles. The van der Waals surface area contributed by atoms with E-state index in [9.17, 15) is 14.4 Å². The third-order valence-electron chi connectivity index (χ3n) is 5.60. The summed E-state index contributed by atoms with van der Waals surface area (Å²) >= 11 is 7.74. The SMILES string of the molecule is CC(=O)c1c(CNC(=O)c2ccc3scnc3c2)c(=O)c2ccc(Cl)cc2n1-c1ccccc1. The number of carbonyl (C=O) groups is 2. The first-order valence-corrected chi connectivity index (χ1v) is 11.7. The molecule has 0 aliphatic rings. The number of ketones is 1. The predicted molar refractivity (Wildman–Crippen MR) is 135 cm³/mol. The van der Waals surface area contributed by atoms with E-state index in [4.69, 9.17) is 11.6 Å². The van der Waals surface area contributed by atoms with Crippen LogP contribution in [0.1, 0.15) is 33.3 Å². The van der Waals surface area contributed by atoms with Gasteiger partial charge in [0.25, 0.3) is 5.91 Å². The Morgan fingerprint density at radius 3 is 2.62 bits per heavy atom. The van der Waals surface area contributed by atoms with Gasteiger partial charge in [-0.3, -0.25) is 14.4 Å². The Balaban J connectivity index is 1.64. The maximum atomic E-state index is 13.5. The molecule has 1 amide bonds. The minimum atomic E-state index is -0.355. The number of rotatable bonds is 5. The molecule has 0 bridgehead atoms. The van der Waals surface area contributed by atoms with Crippen molar-refractivity contribution < 1.29 is 9.59 Å². The number of amides is 1. The van der Waals surface area contributed by atoms with Crippen LogP contribution < -0.4 is 10.7 Å². The third kappa shape index (κ3) is 3.89. The molecular weight excluding hydrogens is 470 g/mol. The summed E-state index contributed by atoms with van der Waals surface area (Å²) < 4.78 is 2.71. The molecule has 0 unspecified atom stereocenters. The van der Waals surface area contributed by atoms with E-state index in [1.807, 2.05) is 36.4 Å². The van der Waals surface area contributed by atoms with E-state index in [0.29, 0.717) is 27.2 Å². The number of thiazole rings is 1. The third-order valence-corrected chi connectivity index (χ3v) is 6.64. The van der Waals surface area contributed by atoms with E-state index in [0.717, 1.165) is 10.2 Å². The van der Waals surface area contributed by atoms with Crippen LogP contribution in [0.2, 0.25) is 5.02 Å². The molecule has 0 radical (unpaired) electrons. The first-order valence-electron chi connectivity index (χ1n) is 10.5. The largest absolute Gasteiger partial charge is 0.348 e. The van der Waals surface area contributed by atoms with Crippen molar-refractivity contribution >= 4 is 55.7 Å². The molecule has 168 valence electrons.